The van der Waals surface area contributed by atoms with Crippen molar-refractivity contribution < 1.29 is 9.90 Å². The second-order valence-corrected chi connectivity index (χ2v) is 5.61. The highest BCUT2D eigenvalue weighted by Gasteiger charge is 2.14. The third kappa shape index (κ3) is 3.11. The number of carbonyl (C=O) groups is 1. The molecular formula is C18H11N3O3S. The highest BCUT2D eigenvalue weighted by molar-refractivity contribution is 7.71. The number of rotatable bonds is 3. The number of hydrogen-bond acceptors (Lipinski definition) is 4. The molecule has 0 saturated heterocycles. The van der Waals surface area contributed by atoms with Crippen LogP contribution in [0.1, 0.15) is 15.9 Å². The number of benzene rings is 2. The van der Waals surface area contributed by atoms with Crippen molar-refractivity contribution in [3.8, 4) is 28.5 Å². The minimum absolute atomic E-state index is 0.0859. The Morgan fingerprint density at radius 2 is 1.80 bits per heavy atom. The van der Waals surface area contributed by atoms with Gasteiger partial charge in [0.2, 0.25) is 0 Å². The van der Waals surface area contributed by atoms with Crippen LogP contribution in [0.4, 0.5) is 0 Å². The zero-order valence-electron chi connectivity index (χ0n) is 12.7. The molecule has 3 aromatic rings. The van der Waals surface area contributed by atoms with Crippen LogP contribution >= 0.6 is 12.2 Å². The summed E-state index contributed by atoms with van der Waals surface area (Å²) in [5, 5.41) is 18.6. The number of nitriles is 1. The SMILES string of the molecule is N#Cc1c(-c2cccc(-c3ccccc3C(=O)O)c2)[nH]c(=S)[nH]c1=O. The summed E-state index contributed by atoms with van der Waals surface area (Å²) in [5.41, 5.74) is 1.56. The number of nitrogens with one attached hydrogen (secondary N) is 2. The van der Waals surface area contributed by atoms with Crippen LogP contribution in [0.5, 0.6) is 0 Å². The minimum atomic E-state index is -1.03. The molecule has 0 fully saturated rings. The molecule has 1 heterocycles. The highest BCUT2D eigenvalue weighted by Crippen LogP contribution is 2.28. The fourth-order valence-electron chi connectivity index (χ4n) is 2.57. The van der Waals surface area contributed by atoms with E-state index in [0.29, 0.717) is 22.4 Å². The van der Waals surface area contributed by atoms with Crippen molar-refractivity contribution in [2.75, 3.05) is 0 Å². The Balaban J connectivity index is 2.24. The molecule has 0 amide bonds. The number of aromatic nitrogens is 2. The van der Waals surface area contributed by atoms with Crippen LogP contribution in [0.3, 0.4) is 0 Å². The van der Waals surface area contributed by atoms with Gasteiger partial charge in [-0.1, -0.05) is 36.4 Å². The van der Waals surface area contributed by atoms with E-state index in [-0.39, 0.29) is 15.9 Å². The van der Waals surface area contributed by atoms with E-state index >= 15 is 0 Å². The van der Waals surface area contributed by atoms with E-state index in [2.05, 4.69) is 9.97 Å². The van der Waals surface area contributed by atoms with E-state index < -0.39 is 11.5 Å². The molecule has 0 atom stereocenters. The molecule has 3 rings (SSSR count). The summed E-state index contributed by atoms with van der Waals surface area (Å²) in [5.74, 6) is -1.03. The Kier molecular flexibility index (Phi) is 4.29. The lowest BCUT2D eigenvalue weighted by Crippen LogP contribution is -2.13. The summed E-state index contributed by atoms with van der Waals surface area (Å²) < 4.78 is 0.107. The maximum absolute atomic E-state index is 11.9. The van der Waals surface area contributed by atoms with Gasteiger partial charge in [0.25, 0.3) is 5.56 Å². The largest absolute Gasteiger partial charge is 0.478 e. The van der Waals surface area contributed by atoms with Gasteiger partial charge in [0.1, 0.15) is 11.6 Å². The Morgan fingerprint density at radius 1 is 1.08 bits per heavy atom. The fourth-order valence-corrected chi connectivity index (χ4v) is 2.77. The lowest BCUT2D eigenvalue weighted by atomic mass is 9.96. The van der Waals surface area contributed by atoms with Gasteiger partial charge in [-0.3, -0.25) is 9.78 Å². The molecule has 0 saturated carbocycles. The predicted molar refractivity (Wildman–Crippen MR) is 94.8 cm³/mol. The van der Waals surface area contributed by atoms with Crippen LogP contribution in [0.25, 0.3) is 22.4 Å². The molecule has 0 radical (unpaired) electrons. The van der Waals surface area contributed by atoms with Crippen molar-refractivity contribution >= 4 is 18.2 Å². The van der Waals surface area contributed by atoms with Gasteiger partial charge in [0.15, 0.2) is 4.77 Å². The summed E-state index contributed by atoms with van der Waals surface area (Å²) in [6.07, 6.45) is 0. The normalized spacial score (nSPS) is 10.2. The molecular weight excluding hydrogens is 338 g/mol. The van der Waals surface area contributed by atoms with Gasteiger partial charge < -0.3 is 10.1 Å². The molecule has 122 valence electrons. The van der Waals surface area contributed by atoms with Crippen molar-refractivity contribution in [1.82, 2.24) is 9.97 Å². The Morgan fingerprint density at radius 3 is 2.52 bits per heavy atom. The zero-order valence-corrected chi connectivity index (χ0v) is 13.6. The van der Waals surface area contributed by atoms with E-state index in [1.807, 2.05) is 6.07 Å². The maximum Gasteiger partial charge on any atom is 0.336 e. The monoisotopic (exact) mass is 349 g/mol. The predicted octanol–water partition coefficient (Wildman–Crippen LogP) is 3.34. The third-order valence-corrected chi connectivity index (χ3v) is 3.88. The Hall–Kier alpha value is -3.50. The first kappa shape index (κ1) is 16.4. The van der Waals surface area contributed by atoms with Gasteiger partial charge in [-0.2, -0.15) is 5.26 Å². The van der Waals surface area contributed by atoms with Crippen LogP contribution in [-0.4, -0.2) is 21.0 Å². The first-order valence-corrected chi connectivity index (χ1v) is 7.62. The molecule has 2 aromatic carbocycles. The quantitative estimate of drug-likeness (QED) is 0.628. The molecule has 25 heavy (non-hydrogen) atoms. The van der Waals surface area contributed by atoms with Crippen LogP contribution in [0, 0.1) is 16.1 Å². The second kappa shape index (κ2) is 6.55. The minimum Gasteiger partial charge on any atom is -0.478 e. The molecule has 0 aliphatic heterocycles. The average molecular weight is 349 g/mol. The second-order valence-electron chi connectivity index (χ2n) is 5.20. The van der Waals surface area contributed by atoms with E-state index in [4.69, 9.17) is 12.2 Å². The number of aromatic amines is 2. The maximum atomic E-state index is 11.9. The van der Waals surface area contributed by atoms with E-state index in [1.54, 1.807) is 42.5 Å². The average Bonchev–Trinajstić information content (AvgIpc) is 2.61. The molecule has 0 aliphatic rings. The van der Waals surface area contributed by atoms with Gasteiger partial charge in [-0.15, -0.1) is 0 Å². The topological polar surface area (TPSA) is 110 Å². The van der Waals surface area contributed by atoms with Crippen LogP contribution in [0.2, 0.25) is 0 Å². The van der Waals surface area contributed by atoms with Crippen LogP contribution in [-0.2, 0) is 0 Å². The summed E-state index contributed by atoms with van der Waals surface area (Å²) >= 11 is 4.98. The summed E-state index contributed by atoms with van der Waals surface area (Å²) in [6, 6.07) is 15.4. The first-order chi connectivity index (χ1) is 12.0. The third-order valence-electron chi connectivity index (χ3n) is 3.67. The lowest BCUT2D eigenvalue weighted by molar-refractivity contribution is 0.0697. The molecule has 1 aromatic heterocycles. The number of carboxylic acid groups (broad SMARTS) is 1. The number of H-pyrrole nitrogens is 2. The van der Waals surface area contributed by atoms with Gasteiger partial charge in [-0.25, -0.2) is 4.79 Å². The van der Waals surface area contributed by atoms with Gasteiger partial charge in [0, 0.05) is 5.56 Å². The number of hydrogen-bond donors (Lipinski definition) is 3. The van der Waals surface area contributed by atoms with Crippen molar-refractivity contribution in [3.05, 3.63) is 74.8 Å². The van der Waals surface area contributed by atoms with Gasteiger partial charge in [-0.05, 0) is 35.5 Å². The molecule has 3 N–H and O–H groups in total. The van der Waals surface area contributed by atoms with Crippen molar-refractivity contribution in [3.63, 3.8) is 0 Å². The molecule has 0 spiro atoms. The molecule has 7 heteroatoms. The van der Waals surface area contributed by atoms with Gasteiger partial charge in [0.05, 0.1) is 11.3 Å². The van der Waals surface area contributed by atoms with Crippen molar-refractivity contribution in [2.45, 2.75) is 0 Å². The number of nitrogens with zero attached hydrogens (tertiary/aromatic N) is 1. The lowest BCUT2D eigenvalue weighted by Gasteiger charge is -2.09. The standard InChI is InChI=1S/C18H11N3O3S/c19-9-14-15(20-18(25)21-16(14)22)11-5-3-4-10(8-11)12-6-1-2-7-13(12)17(23)24/h1-8H,(H,23,24)(H2,20,21,22,25). The summed E-state index contributed by atoms with van der Waals surface area (Å²) in [7, 11) is 0. The van der Waals surface area contributed by atoms with Crippen LogP contribution in [0.15, 0.2) is 53.3 Å². The van der Waals surface area contributed by atoms with Crippen LogP contribution < -0.4 is 5.56 Å². The van der Waals surface area contributed by atoms with Crippen molar-refractivity contribution in [1.29, 1.82) is 5.26 Å². The zero-order chi connectivity index (χ0) is 18.0. The summed E-state index contributed by atoms with van der Waals surface area (Å²) in [6.45, 7) is 0. The van der Waals surface area contributed by atoms with Gasteiger partial charge >= 0.3 is 5.97 Å². The molecule has 0 bridgehead atoms. The Labute approximate surface area is 147 Å². The number of aromatic carboxylic acids is 1. The summed E-state index contributed by atoms with van der Waals surface area (Å²) in [4.78, 5) is 28.5. The Bertz CT molecular complexity index is 1140. The van der Waals surface area contributed by atoms with Crippen molar-refractivity contribution in [2.24, 2.45) is 0 Å². The van der Waals surface area contributed by atoms with E-state index in [9.17, 15) is 20.0 Å². The smallest absolute Gasteiger partial charge is 0.336 e. The number of carboxylic acids is 1. The highest BCUT2D eigenvalue weighted by atomic mass is 32.1. The molecule has 0 unspecified atom stereocenters. The fraction of sp³-hybridized carbons (Fsp3) is 0. The molecule has 0 aliphatic carbocycles. The van der Waals surface area contributed by atoms with E-state index in [1.165, 1.54) is 6.07 Å². The molecule has 6 nitrogen and oxygen atoms in total. The first-order valence-electron chi connectivity index (χ1n) is 7.21. The van der Waals surface area contributed by atoms with E-state index in [0.717, 1.165) is 0 Å².